The zero-order chi connectivity index (χ0) is 13.6. The van der Waals surface area contributed by atoms with Crippen LogP contribution < -0.4 is 5.32 Å². The van der Waals surface area contributed by atoms with Gasteiger partial charge in [0.25, 0.3) is 0 Å². The zero-order valence-electron chi connectivity index (χ0n) is 10.2. The Morgan fingerprint density at radius 1 is 1.33 bits per heavy atom. The monoisotopic (exact) mass is 255 g/mol. The molecule has 4 heteroatoms. The lowest BCUT2D eigenvalue weighted by Crippen LogP contribution is -2.27. The molecule has 0 saturated heterocycles. The lowest BCUT2D eigenvalue weighted by atomic mass is 10.1. The van der Waals surface area contributed by atoms with Gasteiger partial charge in [-0.15, -0.1) is 6.42 Å². The maximum Gasteiger partial charge on any atom is 0.416 e. The fourth-order valence-electron chi connectivity index (χ4n) is 1.72. The van der Waals surface area contributed by atoms with Gasteiger partial charge in [-0.1, -0.05) is 37.5 Å². The van der Waals surface area contributed by atoms with Gasteiger partial charge in [-0.3, -0.25) is 5.32 Å². The predicted octanol–water partition coefficient (Wildman–Crippen LogP) is 3.60. The quantitative estimate of drug-likeness (QED) is 0.793. The van der Waals surface area contributed by atoms with Crippen molar-refractivity contribution in [3.05, 3.63) is 35.4 Å². The van der Waals surface area contributed by atoms with Crippen molar-refractivity contribution in [3.8, 4) is 12.3 Å². The van der Waals surface area contributed by atoms with Crippen molar-refractivity contribution in [2.45, 2.75) is 38.5 Å². The summed E-state index contributed by atoms with van der Waals surface area (Å²) in [7, 11) is 0. The first-order valence-corrected chi connectivity index (χ1v) is 5.83. The number of halogens is 3. The molecule has 0 fully saturated rings. The van der Waals surface area contributed by atoms with Gasteiger partial charge in [0.05, 0.1) is 11.6 Å². The Morgan fingerprint density at radius 2 is 2.00 bits per heavy atom. The minimum atomic E-state index is -4.32. The van der Waals surface area contributed by atoms with E-state index in [2.05, 4.69) is 11.2 Å². The topological polar surface area (TPSA) is 12.0 Å². The van der Waals surface area contributed by atoms with Crippen LogP contribution in [0, 0.1) is 12.3 Å². The molecule has 0 aromatic heterocycles. The van der Waals surface area contributed by atoms with E-state index >= 15 is 0 Å². The average Bonchev–Trinajstić information content (AvgIpc) is 2.33. The summed E-state index contributed by atoms with van der Waals surface area (Å²) in [5.41, 5.74) is -0.383. The number of alkyl halides is 3. The number of nitrogens with one attached hydrogen (secondary N) is 1. The molecule has 1 atom stereocenters. The minimum absolute atomic E-state index is 0.130. The van der Waals surface area contributed by atoms with Crippen molar-refractivity contribution in [2.24, 2.45) is 0 Å². The van der Waals surface area contributed by atoms with E-state index in [0.717, 1.165) is 18.9 Å². The molecule has 0 aliphatic heterocycles. The second-order valence-electron chi connectivity index (χ2n) is 4.04. The van der Waals surface area contributed by atoms with Gasteiger partial charge in [0.1, 0.15) is 0 Å². The van der Waals surface area contributed by atoms with Crippen LogP contribution in [0.15, 0.2) is 24.3 Å². The molecule has 0 heterocycles. The Morgan fingerprint density at radius 3 is 2.56 bits per heavy atom. The lowest BCUT2D eigenvalue weighted by Gasteiger charge is -2.16. The van der Waals surface area contributed by atoms with Gasteiger partial charge >= 0.3 is 6.18 Å². The molecular weight excluding hydrogens is 239 g/mol. The summed E-state index contributed by atoms with van der Waals surface area (Å²) in [5, 5.41) is 2.96. The first-order valence-electron chi connectivity index (χ1n) is 5.83. The van der Waals surface area contributed by atoms with E-state index in [1.807, 2.05) is 6.92 Å². The van der Waals surface area contributed by atoms with E-state index in [1.54, 1.807) is 6.07 Å². The SMILES string of the molecule is C#CC(CCC)NCc1ccccc1C(F)(F)F. The minimum Gasteiger partial charge on any atom is -0.300 e. The van der Waals surface area contributed by atoms with Crippen molar-refractivity contribution in [1.29, 1.82) is 0 Å². The van der Waals surface area contributed by atoms with Crippen LogP contribution in [-0.4, -0.2) is 6.04 Å². The van der Waals surface area contributed by atoms with Crippen molar-refractivity contribution >= 4 is 0 Å². The predicted molar refractivity (Wildman–Crippen MR) is 65.8 cm³/mol. The third-order valence-corrected chi connectivity index (χ3v) is 2.64. The fourth-order valence-corrected chi connectivity index (χ4v) is 1.72. The zero-order valence-corrected chi connectivity index (χ0v) is 10.2. The summed E-state index contributed by atoms with van der Waals surface area (Å²) in [6, 6.07) is 5.35. The van der Waals surface area contributed by atoms with Gasteiger partial charge < -0.3 is 0 Å². The van der Waals surface area contributed by atoms with Crippen LogP contribution in [0.2, 0.25) is 0 Å². The van der Waals surface area contributed by atoms with Gasteiger partial charge in [-0.2, -0.15) is 13.2 Å². The molecule has 0 saturated carbocycles. The van der Waals surface area contributed by atoms with Crippen LogP contribution in [-0.2, 0) is 12.7 Å². The Labute approximate surface area is 105 Å². The molecule has 1 aromatic rings. The third-order valence-electron chi connectivity index (χ3n) is 2.64. The summed E-state index contributed by atoms with van der Waals surface area (Å²) in [5.74, 6) is 2.54. The molecule has 0 radical (unpaired) electrons. The summed E-state index contributed by atoms with van der Waals surface area (Å²) in [4.78, 5) is 0. The molecule has 0 bridgehead atoms. The lowest BCUT2D eigenvalue weighted by molar-refractivity contribution is -0.138. The maximum absolute atomic E-state index is 12.7. The van der Waals surface area contributed by atoms with Gasteiger partial charge in [0.2, 0.25) is 0 Å². The summed E-state index contributed by atoms with van der Waals surface area (Å²) in [6.45, 7) is 2.11. The summed E-state index contributed by atoms with van der Waals surface area (Å²) >= 11 is 0. The number of hydrogen-bond acceptors (Lipinski definition) is 1. The number of rotatable bonds is 5. The van der Waals surface area contributed by atoms with Crippen molar-refractivity contribution < 1.29 is 13.2 Å². The first-order chi connectivity index (χ1) is 8.49. The standard InChI is InChI=1S/C14H16F3N/c1-3-7-12(4-2)18-10-11-8-5-6-9-13(11)14(15,16)17/h2,5-6,8-9,12,18H,3,7,10H2,1H3. The molecule has 0 amide bonds. The van der Waals surface area contributed by atoms with E-state index in [-0.39, 0.29) is 18.2 Å². The average molecular weight is 255 g/mol. The van der Waals surface area contributed by atoms with Gasteiger partial charge in [0.15, 0.2) is 0 Å². The Hall–Kier alpha value is -1.47. The number of hydrogen-bond donors (Lipinski definition) is 1. The molecule has 98 valence electrons. The largest absolute Gasteiger partial charge is 0.416 e. The second kappa shape index (κ2) is 6.46. The number of benzene rings is 1. The highest BCUT2D eigenvalue weighted by Gasteiger charge is 2.32. The van der Waals surface area contributed by atoms with E-state index in [4.69, 9.17) is 6.42 Å². The molecule has 1 aromatic carbocycles. The van der Waals surface area contributed by atoms with Crippen LogP contribution in [0.1, 0.15) is 30.9 Å². The Kier molecular flexibility index (Phi) is 5.24. The highest BCUT2D eigenvalue weighted by atomic mass is 19.4. The Bertz CT molecular complexity index is 418. The van der Waals surface area contributed by atoms with Crippen LogP contribution in [0.3, 0.4) is 0 Å². The molecular formula is C14H16F3N. The smallest absolute Gasteiger partial charge is 0.300 e. The van der Waals surface area contributed by atoms with Crippen LogP contribution in [0.25, 0.3) is 0 Å². The third kappa shape index (κ3) is 4.08. The molecule has 1 N–H and O–H groups in total. The second-order valence-corrected chi connectivity index (χ2v) is 4.04. The summed E-state index contributed by atoms with van der Waals surface area (Å²) < 4.78 is 38.2. The van der Waals surface area contributed by atoms with E-state index in [1.165, 1.54) is 12.1 Å². The molecule has 0 aliphatic carbocycles. The highest BCUT2D eigenvalue weighted by molar-refractivity contribution is 5.29. The van der Waals surface area contributed by atoms with Crippen molar-refractivity contribution in [2.75, 3.05) is 0 Å². The van der Waals surface area contributed by atoms with Crippen LogP contribution in [0.4, 0.5) is 13.2 Å². The summed E-state index contributed by atoms with van der Waals surface area (Å²) in [6.07, 6.45) is 2.63. The van der Waals surface area contributed by atoms with E-state index < -0.39 is 11.7 Å². The van der Waals surface area contributed by atoms with Gasteiger partial charge in [0, 0.05) is 6.54 Å². The van der Waals surface area contributed by atoms with Gasteiger partial charge in [-0.25, -0.2) is 0 Å². The molecule has 1 rings (SSSR count). The molecule has 1 nitrogen and oxygen atoms in total. The Balaban J connectivity index is 2.77. The molecule has 18 heavy (non-hydrogen) atoms. The van der Waals surface area contributed by atoms with Crippen molar-refractivity contribution in [1.82, 2.24) is 5.32 Å². The first kappa shape index (κ1) is 14.6. The van der Waals surface area contributed by atoms with E-state index in [0.29, 0.717) is 0 Å². The molecule has 0 aliphatic rings. The van der Waals surface area contributed by atoms with Gasteiger partial charge in [-0.05, 0) is 18.1 Å². The normalized spacial score (nSPS) is 13.1. The molecule has 0 spiro atoms. The van der Waals surface area contributed by atoms with Crippen molar-refractivity contribution in [3.63, 3.8) is 0 Å². The highest BCUT2D eigenvalue weighted by Crippen LogP contribution is 2.31. The molecule has 1 unspecified atom stereocenters. The van der Waals surface area contributed by atoms with Crippen LogP contribution in [0.5, 0.6) is 0 Å². The van der Waals surface area contributed by atoms with E-state index in [9.17, 15) is 13.2 Å². The number of terminal acetylenes is 1. The fraction of sp³-hybridized carbons (Fsp3) is 0.429. The van der Waals surface area contributed by atoms with Crippen LogP contribution >= 0.6 is 0 Å². The maximum atomic E-state index is 12.7.